The molecule has 0 saturated carbocycles. The van der Waals surface area contributed by atoms with E-state index in [4.69, 9.17) is 11.6 Å². The van der Waals surface area contributed by atoms with E-state index in [1.165, 1.54) is 4.90 Å². The van der Waals surface area contributed by atoms with Crippen molar-refractivity contribution in [1.29, 1.82) is 0 Å². The van der Waals surface area contributed by atoms with Gasteiger partial charge in [-0.15, -0.1) is 0 Å². The summed E-state index contributed by atoms with van der Waals surface area (Å²) in [5, 5.41) is 13.4. The van der Waals surface area contributed by atoms with Crippen molar-refractivity contribution in [3.63, 3.8) is 0 Å². The number of hydrogen-bond acceptors (Lipinski definition) is 3. The lowest BCUT2D eigenvalue weighted by molar-refractivity contribution is -0.136. The summed E-state index contributed by atoms with van der Waals surface area (Å²) in [7, 11) is 0. The smallest absolute Gasteiger partial charge is 0.323 e. The molecule has 0 saturated heterocycles. The minimum absolute atomic E-state index is 0.307. The number of carboxylic acid groups (broad SMARTS) is 1. The monoisotopic (exact) mass is 411 g/mol. The van der Waals surface area contributed by atoms with Gasteiger partial charge in [0.15, 0.2) is 0 Å². The number of aromatic amines is 1. The van der Waals surface area contributed by atoms with Crippen molar-refractivity contribution in [3.8, 4) is 0 Å². The Morgan fingerprint density at radius 3 is 2.79 bits per heavy atom. The van der Waals surface area contributed by atoms with E-state index in [0.717, 1.165) is 16.5 Å². The number of carbonyl (C=O) groups is 3. The van der Waals surface area contributed by atoms with Crippen LogP contribution in [0.25, 0.3) is 10.9 Å². The Hall–Kier alpha value is -3.32. The molecule has 3 N–H and O–H groups in total. The molecule has 0 spiro atoms. The summed E-state index contributed by atoms with van der Waals surface area (Å²) in [6.07, 6.45) is 0.926. The fourth-order valence-electron chi connectivity index (χ4n) is 3.61. The molecule has 148 valence electrons. The number of nitrogens with zero attached hydrogens (tertiary/aromatic N) is 1. The maximum absolute atomic E-state index is 13.0. The molecule has 1 aromatic heterocycles. The van der Waals surface area contributed by atoms with E-state index in [9.17, 15) is 19.5 Å². The van der Waals surface area contributed by atoms with Gasteiger partial charge < -0.3 is 15.4 Å². The second kappa shape index (κ2) is 7.60. The largest absolute Gasteiger partial charge is 0.480 e. The molecule has 0 aliphatic carbocycles. The number of benzene rings is 2. The van der Waals surface area contributed by atoms with Gasteiger partial charge in [0.25, 0.3) is 5.91 Å². The number of halogens is 1. The van der Waals surface area contributed by atoms with Crippen molar-refractivity contribution in [2.75, 3.05) is 11.4 Å². The average Bonchev–Trinajstić information content (AvgIpc) is 3.07. The highest BCUT2D eigenvalue weighted by atomic mass is 35.5. The summed E-state index contributed by atoms with van der Waals surface area (Å²) in [5.41, 5.74) is 2.50. The van der Waals surface area contributed by atoms with Crippen LogP contribution in [0, 0.1) is 0 Å². The predicted octanol–water partition coefficient (Wildman–Crippen LogP) is 2.98. The molecule has 0 bridgehead atoms. The van der Waals surface area contributed by atoms with E-state index in [0.29, 0.717) is 29.2 Å². The highest BCUT2D eigenvalue weighted by Gasteiger charge is 2.32. The lowest BCUT2D eigenvalue weighted by Crippen LogP contribution is -2.49. The van der Waals surface area contributed by atoms with Crippen LogP contribution in [-0.4, -0.2) is 40.5 Å². The minimum atomic E-state index is -1.12. The number of anilines is 1. The molecule has 0 fully saturated rings. The van der Waals surface area contributed by atoms with Crippen LogP contribution in [0.5, 0.6) is 0 Å². The number of hydrogen-bond donors (Lipinski definition) is 3. The number of para-hydroxylation sites is 1. The zero-order valence-corrected chi connectivity index (χ0v) is 16.1. The fourth-order valence-corrected chi connectivity index (χ4v) is 3.79. The van der Waals surface area contributed by atoms with E-state index >= 15 is 0 Å². The summed E-state index contributed by atoms with van der Waals surface area (Å²) in [4.78, 5) is 41.4. The van der Waals surface area contributed by atoms with Crippen LogP contribution in [-0.2, 0) is 16.0 Å². The average molecular weight is 412 g/mol. The molecule has 1 aliphatic heterocycles. The third-order valence-electron chi connectivity index (χ3n) is 4.98. The van der Waals surface area contributed by atoms with Crippen LogP contribution in [0.2, 0.25) is 5.02 Å². The van der Waals surface area contributed by atoms with Crippen LogP contribution in [0.15, 0.2) is 48.5 Å². The Labute approximate surface area is 171 Å². The number of amides is 2. The number of nitrogens with one attached hydrogen (secondary N) is 2. The molecular formula is C21H18ClN3O4. The third kappa shape index (κ3) is 3.82. The van der Waals surface area contributed by atoms with Gasteiger partial charge >= 0.3 is 5.97 Å². The maximum Gasteiger partial charge on any atom is 0.323 e. The zero-order chi connectivity index (χ0) is 20.5. The van der Waals surface area contributed by atoms with Gasteiger partial charge in [-0.05, 0) is 48.7 Å². The first-order valence-corrected chi connectivity index (χ1v) is 9.50. The summed E-state index contributed by atoms with van der Waals surface area (Å²) >= 11 is 5.99. The number of carbonyl (C=O) groups excluding carboxylic acids is 2. The van der Waals surface area contributed by atoms with Gasteiger partial charge in [-0.2, -0.15) is 0 Å². The second-order valence-corrected chi connectivity index (χ2v) is 7.36. The topological polar surface area (TPSA) is 102 Å². The van der Waals surface area contributed by atoms with Crippen LogP contribution in [0.3, 0.4) is 0 Å². The maximum atomic E-state index is 13.0. The summed E-state index contributed by atoms with van der Waals surface area (Å²) in [6, 6.07) is 13.3. The molecule has 29 heavy (non-hydrogen) atoms. The molecule has 1 aliphatic rings. The van der Waals surface area contributed by atoms with Crippen molar-refractivity contribution in [2.45, 2.75) is 18.9 Å². The molecule has 2 heterocycles. The first kappa shape index (κ1) is 19.0. The highest BCUT2D eigenvalue weighted by Crippen LogP contribution is 2.27. The van der Waals surface area contributed by atoms with Crippen LogP contribution in [0.1, 0.15) is 22.5 Å². The van der Waals surface area contributed by atoms with Crippen molar-refractivity contribution >= 4 is 46.0 Å². The van der Waals surface area contributed by atoms with E-state index in [1.54, 1.807) is 36.4 Å². The Kier molecular flexibility index (Phi) is 4.98. The van der Waals surface area contributed by atoms with Crippen LogP contribution < -0.4 is 10.2 Å². The summed E-state index contributed by atoms with van der Waals surface area (Å²) < 4.78 is 0. The highest BCUT2D eigenvalue weighted by molar-refractivity contribution is 6.31. The fraction of sp³-hybridized carbons (Fsp3) is 0.190. The number of aryl methyl sites for hydroxylation is 1. The number of carboxylic acids is 1. The molecule has 3 aromatic rings. The first-order valence-electron chi connectivity index (χ1n) is 9.12. The first-order chi connectivity index (χ1) is 13.9. The Balaban J connectivity index is 1.60. The van der Waals surface area contributed by atoms with Gasteiger partial charge in [0, 0.05) is 21.6 Å². The van der Waals surface area contributed by atoms with Crippen molar-refractivity contribution in [1.82, 2.24) is 10.3 Å². The number of rotatable bonds is 4. The molecule has 2 aromatic carbocycles. The lowest BCUT2D eigenvalue weighted by Gasteiger charge is -2.24. The van der Waals surface area contributed by atoms with Gasteiger partial charge in [-0.3, -0.25) is 19.3 Å². The molecule has 1 atom stereocenters. The summed E-state index contributed by atoms with van der Waals surface area (Å²) in [6.45, 7) is -0.465. The van der Waals surface area contributed by atoms with Gasteiger partial charge in [0.2, 0.25) is 5.91 Å². The lowest BCUT2D eigenvalue weighted by atomic mass is 10.1. The normalized spacial score (nSPS) is 16.4. The third-order valence-corrected chi connectivity index (χ3v) is 5.21. The molecule has 2 amide bonds. The van der Waals surface area contributed by atoms with Gasteiger partial charge in [0.1, 0.15) is 18.3 Å². The molecule has 4 rings (SSSR count). The molecule has 0 unspecified atom stereocenters. The zero-order valence-electron chi connectivity index (χ0n) is 15.3. The molecule has 0 radical (unpaired) electrons. The van der Waals surface area contributed by atoms with Crippen molar-refractivity contribution < 1.29 is 19.5 Å². The minimum Gasteiger partial charge on any atom is -0.480 e. The van der Waals surface area contributed by atoms with Crippen LogP contribution in [0.4, 0.5) is 5.69 Å². The van der Waals surface area contributed by atoms with Gasteiger partial charge in [-0.1, -0.05) is 29.8 Å². The summed E-state index contributed by atoms with van der Waals surface area (Å²) in [5.74, 6) is -1.99. The Morgan fingerprint density at radius 1 is 1.21 bits per heavy atom. The predicted molar refractivity (Wildman–Crippen MR) is 109 cm³/mol. The molecule has 8 heteroatoms. The molecular weight excluding hydrogens is 394 g/mol. The van der Waals surface area contributed by atoms with Crippen LogP contribution >= 0.6 is 11.6 Å². The number of H-pyrrole nitrogens is 1. The van der Waals surface area contributed by atoms with Crippen molar-refractivity contribution in [2.24, 2.45) is 0 Å². The number of fused-ring (bicyclic) bond motifs is 2. The molecule has 7 nitrogen and oxygen atoms in total. The number of aliphatic carboxylic acids is 1. The number of aromatic nitrogens is 1. The Bertz CT molecular complexity index is 1120. The van der Waals surface area contributed by atoms with Crippen molar-refractivity contribution in [3.05, 3.63) is 64.8 Å². The van der Waals surface area contributed by atoms with E-state index < -0.39 is 30.4 Å². The van der Waals surface area contributed by atoms with E-state index in [-0.39, 0.29) is 0 Å². The van der Waals surface area contributed by atoms with Gasteiger partial charge in [0.05, 0.1) is 0 Å². The SMILES string of the molecule is O=C(O)CN1C(=O)[C@H](NC(=O)c2cc3cc(Cl)ccc3[nH]2)CCc2ccccc21. The van der Waals surface area contributed by atoms with E-state index in [1.807, 2.05) is 12.1 Å². The quantitative estimate of drug-likeness (QED) is 0.614. The standard InChI is InChI=1S/C21H18ClN3O4/c22-14-6-8-15-13(9-14)10-17(23-15)20(28)24-16-7-5-12-3-1-2-4-18(12)25(21(16)29)11-19(26)27/h1-4,6,8-10,16,23H,5,7,11H2,(H,24,28)(H,26,27)/t16-/m1/s1. The van der Waals surface area contributed by atoms with E-state index in [2.05, 4.69) is 10.3 Å². The van der Waals surface area contributed by atoms with Gasteiger partial charge in [-0.25, -0.2) is 0 Å². The second-order valence-electron chi connectivity index (χ2n) is 6.93. The Morgan fingerprint density at radius 2 is 2.00 bits per heavy atom.